The maximum absolute atomic E-state index is 5.82. The van der Waals surface area contributed by atoms with Crippen LogP contribution in [0.5, 0.6) is 0 Å². The molecule has 2 N–H and O–H groups in total. The Bertz CT molecular complexity index is 518. The highest BCUT2D eigenvalue weighted by atomic mass is 15.2. The van der Waals surface area contributed by atoms with Crippen molar-refractivity contribution in [1.29, 1.82) is 0 Å². The summed E-state index contributed by atoms with van der Waals surface area (Å²) >= 11 is 0. The standard InChI is InChI=1S/C15H22N4/c1-3-18(9-10-19-8-7-17-13(19)2)12-14-5-4-6-15(16)11-14/h4-8,11H,3,9-10,12,16H2,1-2H3. The second-order valence-electron chi connectivity index (χ2n) is 4.78. The normalized spacial score (nSPS) is 11.1. The molecule has 0 spiro atoms. The molecule has 102 valence electrons. The average molecular weight is 258 g/mol. The minimum Gasteiger partial charge on any atom is -0.399 e. The van der Waals surface area contributed by atoms with Gasteiger partial charge in [-0.05, 0) is 31.2 Å². The lowest BCUT2D eigenvalue weighted by atomic mass is 10.2. The van der Waals surface area contributed by atoms with Crippen LogP contribution < -0.4 is 5.73 Å². The van der Waals surface area contributed by atoms with Crippen molar-refractivity contribution >= 4 is 5.69 Å². The molecule has 0 fully saturated rings. The molecule has 0 radical (unpaired) electrons. The van der Waals surface area contributed by atoms with Crippen molar-refractivity contribution in [2.45, 2.75) is 26.9 Å². The van der Waals surface area contributed by atoms with Gasteiger partial charge in [0.1, 0.15) is 5.82 Å². The Balaban J connectivity index is 1.92. The number of benzene rings is 1. The summed E-state index contributed by atoms with van der Waals surface area (Å²) < 4.78 is 2.18. The largest absolute Gasteiger partial charge is 0.399 e. The first-order valence-electron chi connectivity index (χ1n) is 6.73. The van der Waals surface area contributed by atoms with E-state index in [4.69, 9.17) is 5.73 Å². The summed E-state index contributed by atoms with van der Waals surface area (Å²) in [5.41, 5.74) is 7.92. The zero-order chi connectivity index (χ0) is 13.7. The van der Waals surface area contributed by atoms with Crippen molar-refractivity contribution < 1.29 is 0 Å². The van der Waals surface area contributed by atoms with Gasteiger partial charge in [-0.15, -0.1) is 0 Å². The fraction of sp³-hybridized carbons (Fsp3) is 0.400. The number of imidazole rings is 1. The number of anilines is 1. The van der Waals surface area contributed by atoms with Crippen LogP contribution >= 0.6 is 0 Å². The fourth-order valence-corrected chi connectivity index (χ4v) is 2.19. The molecule has 2 rings (SSSR count). The van der Waals surface area contributed by atoms with Crippen LogP contribution in [0, 0.1) is 6.92 Å². The summed E-state index contributed by atoms with van der Waals surface area (Å²) in [4.78, 5) is 6.65. The van der Waals surface area contributed by atoms with Crippen molar-refractivity contribution in [2.24, 2.45) is 0 Å². The smallest absolute Gasteiger partial charge is 0.105 e. The van der Waals surface area contributed by atoms with Gasteiger partial charge in [-0.2, -0.15) is 0 Å². The van der Waals surface area contributed by atoms with Crippen LogP contribution in [-0.2, 0) is 13.1 Å². The summed E-state index contributed by atoms with van der Waals surface area (Å²) in [6.45, 7) is 8.18. The number of likely N-dealkylation sites (N-methyl/N-ethyl adjacent to an activating group) is 1. The van der Waals surface area contributed by atoms with Crippen LogP contribution in [0.3, 0.4) is 0 Å². The lowest BCUT2D eigenvalue weighted by Gasteiger charge is -2.21. The molecule has 1 aromatic heterocycles. The lowest BCUT2D eigenvalue weighted by Crippen LogP contribution is -2.27. The maximum Gasteiger partial charge on any atom is 0.105 e. The topological polar surface area (TPSA) is 47.1 Å². The zero-order valence-electron chi connectivity index (χ0n) is 11.7. The van der Waals surface area contributed by atoms with Crippen LogP contribution in [-0.4, -0.2) is 27.5 Å². The van der Waals surface area contributed by atoms with Gasteiger partial charge in [-0.3, -0.25) is 4.90 Å². The molecule has 0 unspecified atom stereocenters. The number of aryl methyl sites for hydroxylation is 1. The number of rotatable bonds is 6. The molecule has 4 heteroatoms. The van der Waals surface area contributed by atoms with E-state index in [1.165, 1.54) is 5.56 Å². The van der Waals surface area contributed by atoms with Crippen molar-refractivity contribution in [3.8, 4) is 0 Å². The monoisotopic (exact) mass is 258 g/mol. The Labute approximate surface area is 114 Å². The van der Waals surface area contributed by atoms with Gasteiger partial charge < -0.3 is 10.3 Å². The van der Waals surface area contributed by atoms with E-state index in [1.54, 1.807) is 0 Å². The summed E-state index contributed by atoms with van der Waals surface area (Å²) in [7, 11) is 0. The predicted octanol–water partition coefficient (Wildman–Crippen LogP) is 2.30. The molecule has 0 aliphatic heterocycles. The molecule has 1 aromatic carbocycles. The van der Waals surface area contributed by atoms with Gasteiger partial charge >= 0.3 is 0 Å². The third kappa shape index (κ3) is 3.83. The first-order chi connectivity index (χ1) is 9.19. The maximum atomic E-state index is 5.82. The van der Waals surface area contributed by atoms with Crippen LogP contribution in [0.25, 0.3) is 0 Å². The number of nitrogens with zero attached hydrogens (tertiary/aromatic N) is 3. The minimum absolute atomic E-state index is 0.832. The summed E-state index contributed by atoms with van der Waals surface area (Å²) in [6.07, 6.45) is 3.88. The van der Waals surface area contributed by atoms with Crippen molar-refractivity contribution in [3.05, 3.63) is 48.0 Å². The molecular formula is C15H22N4. The molecule has 0 aliphatic carbocycles. The summed E-state index contributed by atoms with van der Waals surface area (Å²) in [5, 5.41) is 0. The summed E-state index contributed by atoms with van der Waals surface area (Å²) in [5.74, 6) is 1.07. The molecule has 4 nitrogen and oxygen atoms in total. The Morgan fingerprint density at radius 2 is 2.21 bits per heavy atom. The van der Waals surface area contributed by atoms with Crippen LogP contribution in [0.1, 0.15) is 18.3 Å². The first-order valence-corrected chi connectivity index (χ1v) is 6.73. The highest BCUT2D eigenvalue weighted by Crippen LogP contribution is 2.09. The second-order valence-corrected chi connectivity index (χ2v) is 4.78. The Kier molecular flexibility index (Phi) is 4.58. The minimum atomic E-state index is 0.832. The van der Waals surface area contributed by atoms with Gasteiger partial charge in [-0.25, -0.2) is 4.98 Å². The van der Waals surface area contributed by atoms with E-state index in [1.807, 2.05) is 37.5 Å². The molecule has 1 heterocycles. The van der Waals surface area contributed by atoms with E-state index in [0.717, 1.165) is 37.7 Å². The molecule has 0 saturated carbocycles. The molecule has 19 heavy (non-hydrogen) atoms. The lowest BCUT2D eigenvalue weighted by molar-refractivity contribution is 0.267. The molecule has 0 atom stereocenters. The van der Waals surface area contributed by atoms with E-state index in [0.29, 0.717) is 0 Å². The van der Waals surface area contributed by atoms with E-state index in [9.17, 15) is 0 Å². The summed E-state index contributed by atoms with van der Waals surface area (Å²) in [6, 6.07) is 8.11. The quantitative estimate of drug-likeness (QED) is 0.809. The third-order valence-corrected chi connectivity index (χ3v) is 3.39. The van der Waals surface area contributed by atoms with Crippen molar-refractivity contribution in [3.63, 3.8) is 0 Å². The number of aromatic nitrogens is 2. The highest BCUT2D eigenvalue weighted by molar-refractivity contribution is 5.40. The van der Waals surface area contributed by atoms with Gasteiger partial charge in [0.05, 0.1) is 0 Å². The number of nitrogens with two attached hydrogens (primary N) is 1. The third-order valence-electron chi connectivity index (χ3n) is 3.39. The molecule has 0 aliphatic rings. The Morgan fingerprint density at radius 1 is 1.37 bits per heavy atom. The van der Waals surface area contributed by atoms with E-state index < -0.39 is 0 Å². The zero-order valence-corrected chi connectivity index (χ0v) is 11.7. The van der Waals surface area contributed by atoms with Crippen LogP contribution in [0.15, 0.2) is 36.7 Å². The van der Waals surface area contributed by atoms with Crippen LogP contribution in [0.2, 0.25) is 0 Å². The molecule has 0 amide bonds. The molecular weight excluding hydrogens is 236 g/mol. The predicted molar refractivity (Wildman–Crippen MR) is 78.8 cm³/mol. The average Bonchev–Trinajstić information content (AvgIpc) is 2.80. The van der Waals surface area contributed by atoms with Crippen LogP contribution in [0.4, 0.5) is 5.69 Å². The van der Waals surface area contributed by atoms with Gasteiger partial charge in [0.2, 0.25) is 0 Å². The first kappa shape index (κ1) is 13.6. The SMILES string of the molecule is CCN(CCn1ccnc1C)Cc1cccc(N)c1. The van der Waals surface area contributed by atoms with Gasteiger partial charge in [-0.1, -0.05) is 19.1 Å². The van der Waals surface area contributed by atoms with Gasteiger partial charge in [0, 0.05) is 37.7 Å². The number of hydrogen-bond acceptors (Lipinski definition) is 3. The van der Waals surface area contributed by atoms with E-state index >= 15 is 0 Å². The van der Waals surface area contributed by atoms with Gasteiger partial charge in [0.25, 0.3) is 0 Å². The van der Waals surface area contributed by atoms with E-state index in [2.05, 4.69) is 27.4 Å². The van der Waals surface area contributed by atoms with Gasteiger partial charge in [0.15, 0.2) is 0 Å². The Morgan fingerprint density at radius 3 is 2.84 bits per heavy atom. The number of hydrogen-bond donors (Lipinski definition) is 1. The molecule has 0 saturated heterocycles. The molecule has 2 aromatic rings. The van der Waals surface area contributed by atoms with E-state index in [-0.39, 0.29) is 0 Å². The Hall–Kier alpha value is -1.81. The highest BCUT2D eigenvalue weighted by Gasteiger charge is 2.05. The van der Waals surface area contributed by atoms with Crippen molar-refractivity contribution in [2.75, 3.05) is 18.8 Å². The fourth-order valence-electron chi connectivity index (χ4n) is 2.19. The van der Waals surface area contributed by atoms with Crippen molar-refractivity contribution in [1.82, 2.24) is 14.5 Å². The number of nitrogen functional groups attached to an aromatic ring is 1. The molecule has 0 bridgehead atoms. The second kappa shape index (κ2) is 6.38.